The van der Waals surface area contributed by atoms with Crippen molar-refractivity contribution in [1.82, 2.24) is 9.97 Å². The Morgan fingerprint density at radius 2 is 2.20 bits per heavy atom. The summed E-state index contributed by atoms with van der Waals surface area (Å²) in [6, 6.07) is 0. The first-order valence-corrected chi connectivity index (χ1v) is 5.86. The van der Waals surface area contributed by atoms with Crippen LogP contribution in [0.25, 0.3) is 0 Å². The molecule has 1 saturated heterocycles. The van der Waals surface area contributed by atoms with Gasteiger partial charge in [0.15, 0.2) is 0 Å². The van der Waals surface area contributed by atoms with E-state index in [0.29, 0.717) is 5.92 Å². The van der Waals surface area contributed by atoms with E-state index >= 15 is 0 Å². The van der Waals surface area contributed by atoms with E-state index in [2.05, 4.69) is 30.8 Å². The number of aliphatic hydroxyl groups excluding tert-OH is 1. The van der Waals surface area contributed by atoms with Crippen LogP contribution in [-0.4, -0.2) is 34.3 Å². The third kappa shape index (κ3) is 2.46. The smallest absolute Gasteiger partial charge is 0.225 e. The van der Waals surface area contributed by atoms with Crippen molar-refractivity contribution in [3.05, 3.63) is 16.9 Å². The number of hydrogen-bond acceptors (Lipinski definition) is 4. The van der Waals surface area contributed by atoms with Crippen LogP contribution in [0.1, 0.15) is 13.3 Å². The highest BCUT2D eigenvalue weighted by molar-refractivity contribution is 9.10. The molecule has 1 fully saturated rings. The predicted octanol–water partition coefficient (Wildman–Crippen LogP) is 1.45. The molecule has 1 aliphatic rings. The molecule has 2 unspecified atom stereocenters. The number of anilines is 1. The second kappa shape index (κ2) is 4.45. The van der Waals surface area contributed by atoms with Crippen LogP contribution in [0, 0.1) is 5.92 Å². The first-order chi connectivity index (χ1) is 7.16. The SMILES string of the molecule is CC(O)C1CCN(c2ncc(Br)cn2)C1. The van der Waals surface area contributed by atoms with Crippen LogP contribution in [0.4, 0.5) is 5.95 Å². The molecule has 2 rings (SSSR count). The lowest BCUT2D eigenvalue weighted by Gasteiger charge is -2.17. The van der Waals surface area contributed by atoms with Gasteiger partial charge in [-0.05, 0) is 29.3 Å². The molecule has 0 amide bonds. The summed E-state index contributed by atoms with van der Waals surface area (Å²) >= 11 is 3.31. The fourth-order valence-corrected chi connectivity index (χ4v) is 2.04. The number of aliphatic hydroxyl groups is 1. The largest absolute Gasteiger partial charge is 0.393 e. The van der Waals surface area contributed by atoms with Crippen LogP contribution >= 0.6 is 15.9 Å². The standard InChI is InChI=1S/C10H14BrN3O/c1-7(15)8-2-3-14(6-8)10-12-4-9(11)5-13-10/h4-5,7-8,15H,2-3,6H2,1H3. The van der Waals surface area contributed by atoms with Gasteiger partial charge in [0.2, 0.25) is 5.95 Å². The number of rotatable bonds is 2. The Bertz CT molecular complexity index is 328. The monoisotopic (exact) mass is 271 g/mol. The Labute approximate surface area is 97.5 Å². The highest BCUT2D eigenvalue weighted by Gasteiger charge is 2.27. The second-order valence-corrected chi connectivity index (χ2v) is 4.85. The van der Waals surface area contributed by atoms with Gasteiger partial charge in [-0.25, -0.2) is 9.97 Å². The van der Waals surface area contributed by atoms with Crippen molar-refractivity contribution < 1.29 is 5.11 Å². The maximum absolute atomic E-state index is 9.49. The summed E-state index contributed by atoms with van der Waals surface area (Å²) in [5, 5.41) is 9.49. The van der Waals surface area contributed by atoms with Crippen molar-refractivity contribution in [3.63, 3.8) is 0 Å². The molecule has 2 heterocycles. The maximum Gasteiger partial charge on any atom is 0.225 e. The van der Waals surface area contributed by atoms with Crippen molar-refractivity contribution in [3.8, 4) is 0 Å². The van der Waals surface area contributed by atoms with E-state index < -0.39 is 0 Å². The van der Waals surface area contributed by atoms with Crippen molar-refractivity contribution in [2.24, 2.45) is 5.92 Å². The summed E-state index contributed by atoms with van der Waals surface area (Å²) in [6.07, 6.45) is 4.26. The molecule has 1 aromatic rings. The van der Waals surface area contributed by atoms with E-state index in [1.54, 1.807) is 12.4 Å². The number of nitrogens with zero attached hydrogens (tertiary/aromatic N) is 3. The summed E-state index contributed by atoms with van der Waals surface area (Å²) < 4.78 is 0.887. The quantitative estimate of drug-likeness (QED) is 0.885. The van der Waals surface area contributed by atoms with Crippen molar-refractivity contribution in [1.29, 1.82) is 0 Å². The van der Waals surface area contributed by atoms with Gasteiger partial charge in [0.05, 0.1) is 10.6 Å². The number of hydrogen-bond donors (Lipinski definition) is 1. The van der Waals surface area contributed by atoms with E-state index in [1.165, 1.54) is 0 Å². The van der Waals surface area contributed by atoms with Gasteiger partial charge in [-0.3, -0.25) is 0 Å². The average Bonchev–Trinajstić information content (AvgIpc) is 2.68. The van der Waals surface area contributed by atoms with Gasteiger partial charge in [-0.1, -0.05) is 0 Å². The summed E-state index contributed by atoms with van der Waals surface area (Å²) in [5.74, 6) is 1.10. The lowest BCUT2D eigenvalue weighted by atomic mass is 10.0. The molecule has 1 N–H and O–H groups in total. The van der Waals surface area contributed by atoms with Crippen LogP contribution in [0.3, 0.4) is 0 Å². The van der Waals surface area contributed by atoms with E-state index in [1.807, 2.05) is 6.92 Å². The molecule has 5 heteroatoms. The maximum atomic E-state index is 9.49. The van der Waals surface area contributed by atoms with E-state index in [-0.39, 0.29) is 6.10 Å². The molecule has 1 aliphatic heterocycles. The normalized spacial score (nSPS) is 23.1. The molecule has 2 atom stereocenters. The summed E-state index contributed by atoms with van der Waals surface area (Å²) in [7, 11) is 0. The van der Waals surface area contributed by atoms with Crippen molar-refractivity contribution in [2.75, 3.05) is 18.0 Å². The number of halogens is 1. The fourth-order valence-electron chi connectivity index (χ4n) is 1.83. The topological polar surface area (TPSA) is 49.2 Å². The van der Waals surface area contributed by atoms with Crippen LogP contribution in [0.5, 0.6) is 0 Å². The highest BCUT2D eigenvalue weighted by atomic mass is 79.9. The van der Waals surface area contributed by atoms with E-state index in [0.717, 1.165) is 29.9 Å². The Balaban J connectivity index is 2.04. The molecule has 4 nitrogen and oxygen atoms in total. The van der Waals surface area contributed by atoms with Crippen LogP contribution in [0.15, 0.2) is 16.9 Å². The Morgan fingerprint density at radius 1 is 1.53 bits per heavy atom. The Hall–Kier alpha value is -0.680. The molecule has 0 spiro atoms. The van der Waals surface area contributed by atoms with Gasteiger partial charge in [0, 0.05) is 31.4 Å². The van der Waals surface area contributed by atoms with Gasteiger partial charge in [0.1, 0.15) is 0 Å². The van der Waals surface area contributed by atoms with Crippen molar-refractivity contribution >= 4 is 21.9 Å². The summed E-state index contributed by atoms with van der Waals surface area (Å²) in [4.78, 5) is 10.6. The highest BCUT2D eigenvalue weighted by Crippen LogP contribution is 2.23. The first kappa shape index (κ1) is 10.8. The van der Waals surface area contributed by atoms with Gasteiger partial charge in [-0.15, -0.1) is 0 Å². The van der Waals surface area contributed by atoms with Gasteiger partial charge in [-0.2, -0.15) is 0 Å². The third-order valence-electron chi connectivity index (χ3n) is 2.80. The zero-order valence-corrected chi connectivity index (χ0v) is 10.2. The fraction of sp³-hybridized carbons (Fsp3) is 0.600. The minimum Gasteiger partial charge on any atom is -0.393 e. The minimum absolute atomic E-state index is 0.245. The van der Waals surface area contributed by atoms with Gasteiger partial charge >= 0.3 is 0 Å². The molecular weight excluding hydrogens is 258 g/mol. The van der Waals surface area contributed by atoms with Crippen molar-refractivity contribution in [2.45, 2.75) is 19.4 Å². The molecule has 82 valence electrons. The van der Waals surface area contributed by atoms with Crippen LogP contribution in [0.2, 0.25) is 0 Å². The predicted molar refractivity (Wildman–Crippen MR) is 61.7 cm³/mol. The minimum atomic E-state index is -0.245. The number of aromatic nitrogens is 2. The average molecular weight is 272 g/mol. The zero-order valence-electron chi connectivity index (χ0n) is 8.60. The molecule has 0 aromatic carbocycles. The molecule has 0 saturated carbocycles. The molecule has 15 heavy (non-hydrogen) atoms. The first-order valence-electron chi connectivity index (χ1n) is 5.07. The lowest BCUT2D eigenvalue weighted by Crippen LogP contribution is -2.25. The zero-order chi connectivity index (χ0) is 10.8. The van der Waals surface area contributed by atoms with Crippen LogP contribution in [-0.2, 0) is 0 Å². The van der Waals surface area contributed by atoms with Crippen LogP contribution < -0.4 is 4.90 Å². The lowest BCUT2D eigenvalue weighted by molar-refractivity contribution is 0.136. The Kier molecular flexibility index (Phi) is 3.21. The summed E-state index contributed by atoms with van der Waals surface area (Å²) in [5.41, 5.74) is 0. The van der Waals surface area contributed by atoms with Gasteiger partial charge < -0.3 is 10.0 Å². The molecule has 0 radical (unpaired) electrons. The van der Waals surface area contributed by atoms with E-state index in [4.69, 9.17) is 0 Å². The summed E-state index contributed by atoms with van der Waals surface area (Å²) in [6.45, 7) is 3.62. The van der Waals surface area contributed by atoms with E-state index in [9.17, 15) is 5.11 Å². The second-order valence-electron chi connectivity index (χ2n) is 3.94. The molecular formula is C10H14BrN3O. The Morgan fingerprint density at radius 3 is 2.73 bits per heavy atom. The molecule has 0 aliphatic carbocycles. The third-order valence-corrected chi connectivity index (χ3v) is 3.21. The molecule has 0 bridgehead atoms. The molecule has 1 aromatic heterocycles. The van der Waals surface area contributed by atoms with Gasteiger partial charge in [0.25, 0.3) is 0 Å².